The van der Waals surface area contributed by atoms with Crippen LogP contribution in [-0.4, -0.2) is 26.8 Å². The van der Waals surface area contributed by atoms with Crippen LogP contribution in [0.3, 0.4) is 0 Å². The third-order valence-corrected chi connectivity index (χ3v) is 5.69. The molecule has 1 aromatic heterocycles. The zero-order valence-electron chi connectivity index (χ0n) is 17.7. The fourth-order valence-electron chi connectivity index (χ4n) is 3.74. The van der Waals surface area contributed by atoms with Gasteiger partial charge in [-0.15, -0.1) is 10.2 Å². The van der Waals surface area contributed by atoms with E-state index >= 15 is 0 Å². The minimum Gasteiger partial charge on any atom is -0.447 e. The van der Waals surface area contributed by atoms with Crippen molar-refractivity contribution in [3.05, 3.63) is 58.7 Å². The van der Waals surface area contributed by atoms with Crippen LogP contribution >= 0.6 is 11.8 Å². The van der Waals surface area contributed by atoms with Crippen LogP contribution in [0.5, 0.6) is 5.88 Å². The van der Waals surface area contributed by atoms with Gasteiger partial charge in [-0.2, -0.15) is 10.2 Å². The Morgan fingerprint density at radius 1 is 1.23 bits per heavy atom. The predicted molar refractivity (Wildman–Crippen MR) is 119 cm³/mol. The van der Waals surface area contributed by atoms with Crippen molar-refractivity contribution in [3.8, 4) is 23.2 Å². The highest BCUT2D eigenvalue weighted by atomic mass is 32.2. The van der Waals surface area contributed by atoms with E-state index in [1.165, 1.54) is 18.7 Å². The van der Waals surface area contributed by atoms with Gasteiger partial charge in [0.25, 0.3) is 0 Å². The van der Waals surface area contributed by atoms with Gasteiger partial charge in [0.2, 0.25) is 23.2 Å². The highest BCUT2D eigenvalue weighted by Crippen LogP contribution is 2.45. The van der Waals surface area contributed by atoms with Gasteiger partial charge in [0.15, 0.2) is 5.69 Å². The maximum atomic E-state index is 12.9. The first-order chi connectivity index (χ1) is 14.9. The molecule has 1 atom stereocenters. The van der Waals surface area contributed by atoms with Crippen molar-refractivity contribution in [2.24, 2.45) is 0 Å². The number of aryl methyl sites for hydroxylation is 2. The quantitative estimate of drug-likeness (QED) is 0.560. The highest BCUT2D eigenvalue weighted by molar-refractivity contribution is 7.99. The summed E-state index contributed by atoms with van der Waals surface area (Å²) in [6.07, 6.45) is -0.761. The average molecular weight is 432 g/mol. The number of ether oxygens (including phenoxy) is 1. The monoisotopic (exact) mass is 431 g/mol. The van der Waals surface area contributed by atoms with Gasteiger partial charge in [0, 0.05) is 18.1 Å². The molecule has 0 aliphatic carbocycles. The van der Waals surface area contributed by atoms with Crippen molar-refractivity contribution < 1.29 is 9.53 Å². The number of nitriles is 1. The number of hydrogen-bond acceptors (Lipinski definition) is 7. The molecule has 2 heterocycles. The Morgan fingerprint density at radius 3 is 2.61 bits per heavy atom. The third kappa shape index (κ3) is 3.84. The van der Waals surface area contributed by atoms with Gasteiger partial charge in [-0.25, -0.2) is 0 Å². The summed E-state index contributed by atoms with van der Waals surface area (Å²) in [5.74, 6) is 0.954. The van der Waals surface area contributed by atoms with Crippen LogP contribution in [0.25, 0.3) is 11.3 Å². The van der Waals surface area contributed by atoms with Crippen LogP contribution in [0.15, 0.2) is 41.6 Å². The van der Waals surface area contributed by atoms with E-state index in [-0.39, 0.29) is 5.91 Å². The molecular weight excluding hydrogens is 410 g/mol. The van der Waals surface area contributed by atoms with Crippen molar-refractivity contribution in [1.82, 2.24) is 15.2 Å². The number of rotatable bonds is 3. The molecule has 3 aromatic rings. The van der Waals surface area contributed by atoms with E-state index in [2.05, 4.69) is 21.3 Å². The van der Waals surface area contributed by atoms with E-state index in [4.69, 9.17) is 10.00 Å². The second-order valence-electron chi connectivity index (χ2n) is 7.25. The molecule has 0 fully saturated rings. The first-order valence-corrected chi connectivity index (χ1v) is 10.9. The van der Waals surface area contributed by atoms with E-state index in [1.54, 1.807) is 29.2 Å². The van der Waals surface area contributed by atoms with Gasteiger partial charge in [-0.05, 0) is 43.4 Å². The Balaban J connectivity index is 1.99. The van der Waals surface area contributed by atoms with Crippen molar-refractivity contribution in [3.63, 3.8) is 0 Å². The molecule has 0 bridgehead atoms. The normalized spacial score (nSPS) is 14.7. The molecule has 2 aromatic carbocycles. The SMILES string of the molecule is CCSc1nnc2c(n1)O[C@@H](c1ccc(C#N)cc1)N(C(C)=O)c1c(C)cc(C)cc1-2. The van der Waals surface area contributed by atoms with Gasteiger partial charge < -0.3 is 4.74 Å². The number of aromatic nitrogens is 3. The molecule has 0 N–H and O–H groups in total. The smallest absolute Gasteiger partial charge is 0.247 e. The Bertz CT molecular complexity index is 1200. The lowest BCUT2D eigenvalue weighted by molar-refractivity contribution is -0.118. The van der Waals surface area contributed by atoms with Crippen LogP contribution in [0.2, 0.25) is 0 Å². The van der Waals surface area contributed by atoms with Crippen molar-refractivity contribution in [2.75, 3.05) is 10.7 Å². The van der Waals surface area contributed by atoms with E-state index in [1.807, 2.05) is 32.9 Å². The number of benzene rings is 2. The second kappa shape index (κ2) is 8.36. The van der Waals surface area contributed by atoms with Gasteiger partial charge in [-0.3, -0.25) is 9.69 Å². The van der Waals surface area contributed by atoms with E-state index in [0.717, 1.165) is 33.7 Å². The fourth-order valence-corrected chi connectivity index (χ4v) is 4.24. The molecule has 1 aliphatic rings. The largest absolute Gasteiger partial charge is 0.447 e. The maximum absolute atomic E-state index is 12.9. The number of carbonyl (C=O) groups is 1. The molecule has 156 valence electrons. The summed E-state index contributed by atoms with van der Waals surface area (Å²) in [4.78, 5) is 19.1. The van der Waals surface area contributed by atoms with Crippen molar-refractivity contribution in [2.45, 2.75) is 39.1 Å². The first kappa shape index (κ1) is 20.8. The Morgan fingerprint density at radius 2 is 1.97 bits per heavy atom. The fraction of sp³-hybridized carbons (Fsp3) is 0.261. The summed E-state index contributed by atoms with van der Waals surface area (Å²) in [6, 6.07) is 13.1. The molecule has 4 rings (SSSR count). The van der Waals surface area contributed by atoms with Crippen LogP contribution in [-0.2, 0) is 4.79 Å². The Hall–Kier alpha value is -3.44. The Kier molecular flexibility index (Phi) is 5.61. The van der Waals surface area contributed by atoms with Gasteiger partial charge in [-0.1, -0.05) is 42.4 Å². The number of carbonyl (C=O) groups excluding carboxylic acids is 1. The predicted octanol–water partition coefficient (Wildman–Crippen LogP) is 4.58. The molecule has 0 saturated heterocycles. The zero-order valence-corrected chi connectivity index (χ0v) is 18.5. The number of thioether (sulfide) groups is 1. The minimum absolute atomic E-state index is 0.175. The number of nitrogens with zero attached hydrogens (tertiary/aromatic N) is 5. The highest BCUT2D eigenvalue weighted by Gasteiger charge is 2.35. The van der Waals surface area contributed by atoms with Crippen molar-refractivity contribution in [1.29, 1.82) is 5.26 Å². The van der Waals surface area contributed by atoms with Crippen molar-refractivity contribution >= 4 is 23.4 Å². The van der Waals surface area contributed by atoms with Gasteiger partial charge >= 0.3 is 0 Å². The lowest BCUT2D eigenvalue weighted by Crippen LogP contribution is -2.36. The summed E-state index contributed by atoms with van der Waals surface area (Å²) in [6.45, 7) is 7.48. The lowest BCUT2D eigenvalue weighted by atomic mass is 10.00. The standard InChI is InChI=1S/C23H21N5O2S/c1-5-31-23-25-21-19(26-27-23)18-11-13(2)10-14(3)20(18)28(15(4)29)22(30-21)17-8-6-16(12-24)7-9-17/h6-11,22H,5H2,1-4H3/t22-/m0/s1. The molecule has 8 heteroatoms. The first-order valence-electron chi connectivity index (χ1n) is 9.88. The summed E-state index contributed by atoms with van der Waals surface area (Å²) >= 11 is 1.47. The Labute approximate surface area is 185 Å². The zero-order chi connectivity index (χ0) is 22.1. The van der Waals surface area contributed by atoms with E-state index in [9.17, 15) is 4.79 Å². The molecule has 31 heavy (non-hydrogen) atoms. The molecule has 0 saturated carbocycles. The van der Waals surface area contributed by atoms with E-state index in [0.29, 0.717) is 22.3 Å². The van der Waals surface area contributed by atoms with Crippen LogP contribution < -0.4 is 9.64 Å². The molecule has 0 radical (unpaired) electrons. The average Bonchev–Trinajstić information content (AvgIpc) is 2.88. The maximum Gasteiger partial charge on any atom is 0.247 e. The summed E-state index contributed by atoms with van der Waals surface area (Å²) in [7, 11) is 0. The number of fused-ring (bicyclic) bond motifs is 3. The summed E-state index contributed by atoms with van der Waals surface area (Å²) < 4.78 is 6.35. The molecule has 1 amide bonds. The number of amides is 1. The number of hydrogen-bond donors (Lipinski definition) is 0. The van der Waals surface area contributed by atoms with Crippen LogP contribution in [0.4, 0.5) is 5.69 Å². The van der Waals surface area contributed by atoms with Gasteiger partial charge in [0.1, 0.15) is 0 Å². The molecule has 1 aliphatic heterocycles. The molecule has 0 unspecified atom stereocenters. The van der Waals surface area contributed by atoms with Crippen LogP contribution in [0, 0.1) is 25.2 Å². The summed E-state index contributed by atoms with van der Waals surface area (Å²) in [5, 5.41) is 18.4. The van der Waals surface area contributed by atoms with E-state index < -0.39 is 6.23 Å². The molecular formula is C23H21N5O2S. The topological polar surface area (TPSA) is 92.0 Å². The minimum atomic E-state index is -0.761. The lowest BCUT2D eigenvalue weighted by Gasteiger charge is -2.31. The van der Waals surface area contributed by atoms with Gasteiger partial charge in [0.05, 0.1) is 17.3 Å². The molecule has 7 nitrogen and oxygen atoms in total. The molecule has 0 spiro atoms. The summed E-state index contributed by atoms with van der Waals surface area (Å²) in [5.41, 5.74) is 5.21. The number of anilines is 1. The second-order valence-corrected chi connectivity index (χ2v) is 8.48. The third-order valence-electron chi connectivity index (χ3n) is 4.97. The van der Waals surface area contributed by atoms with Crippen LogP contribution in [0.1, 0.15) is 42.3 Å².